The van der Waals surface area contributed by atoms with Gasteiger partial charge in [0.05, 0.1) is 5.56 Å². The number of hydrogen-bond acceptors (Lipinski definition) is 3. The molecule has 1 aromatic heterocycles. The van der Waals surface area contributed by atoms with E-state index in [9.17, 15) is 9.59 Å². The summed E-state index contributed by atoms with van der Waals surface area (Å²) in [6, 6.07) is 14.9. The highest BCUT2D eigenvalue weighted by molar-refractivity contribution is 5.94. The summed E-state index contributed by atoms with van der Waals surface area (Å²) in [7, 11) is 3.93. The largest absolute Gasteiger partial charge is 0.334 e. The summed E-state index contributed by atoms with van der Waals surface area (Å²) in [6.45, 7) is 0.800. The molecule has 5 nitrogen and oxygen atoms in total. The summed E-state index contributed by atoms with van der Waals surface area (Å²) < 4.78 is 1.49. The number of aryl methyl sites for hydroxylation is 1. The minimum Gasteiger partial charge on any atom is -0.334 e. The van der Waals surface area contributed by atoms with Crippen LogP contribution in [-0.2, 0) is 13.5 Å². The maximum atomic E-state index is 13.4. The molecule has 2 fully saturated rings. The summed E-state index contributed by atoms with van der Waals surface area (Å²) in [5.41, 5.74) is 1.88. The second-order valence-electron chi connectivity index (χ2n) is 8.59. The van der Waals surface area contributed by atoms with Gasteiger partial charge in [0.1, 0.15) is 0 Å². The lowest BCUT2D eigenvalue weighted by Gasteiger charge is -2.36. The molecule has 0 saturated carbocycles. The van der Waals surface area contributed by atoms with Crippen molar-refractivity contribution in [2.45, 2.75) is 56.7 Å². The topological polar surface area (TPSA) is 45.6 Å². The highest BCUT2D eigenvalue weighted by Gasteiger charge is 2.43. The van der Waals surface area contributed by atoms with Gasteiger partial charge in [0.25, 0.3) is 5.91 Å². The Labute approximate surface area is 172 Å². The van der Waals surface area contributed by atoms with Crippen LogP contribution >= 0.6 is 0 Å². The average molecular weight is 394 g/mol. The Hall–Kier alpha value is -2.40. The van der Waals surface area contributed by atoms with E-state index >= 15 is 0 Å². The summed E-state index contributed by atoms with van der Waals surface area (Å²) in [6.07, 6.45) is 8.29. The standard InChI is InChI=1S/C24H31N3O2/c1-25-17-19(12-13-23(25)28)24(29)27-14-8-4-7-11-21-22(27)16-20(26(21)2)15-18-9-5-3-6-10-18/h3,5-6,9-10,12-13,17,20-22H,4,7-8,11,14-16H2,1-2H3/t20-,21-,22+/m1/s1. The van der Waals surface area contributed by atoms with E-state index in [1.807, 2.05) is 0 Å². The molecule has 1 amide bonds. The molecule has 2 aliphatic rings. The van der Waals surface area contributed by atoms with Crippen LogP contribution in [0.1, 0.15) is 48.0 Å². The first-order chi connectivity index (χ1) is 14.0. The van der Waals surface area contributed by atoms with Gasteiger partial charge in [0.2, 0.25) is 5.56 Å². The van der Waals surface area contributed by atoms with Crippen LogP contribution in [0.4, 0.5) is 0 Å². The van der Waals surface area contributed by atoms with Gasteiger partial charge in [0.15, 0.2) is 0 Å². The number of likely N-dealkylation sites (N-methyl/N-ethyl adjacent to an activating group) is 1. The van der Waals surface area contributed by atoms with Crippen LogP contribution in [0, 0.1) is 0 Å². The lowest BCUT2D eigenvalue weighted by molar-refractivity contribution is 0.0600. The first-order valence-corrected chi connectivity index (χ1v) is 10.8. The lowest BCUT2D eigenvalue weighted by Crippen LogP contribution is -2.48. The number of fused-ring (bicyclic) bond motifs is 1. The van der Waals surface area contributed by atoms with Gasteiger partial charge in [-0.2, -0.15) is 0 Å². The third-order valence-corrected chi connectivity index (χ3v) is 6.76. The number of hydrogen-bond donors (Lipinski definition) is 0. The van der Waals surface area contributed by atoms with Crippen molar-refractivity contribution in [1.82, 2.24) is 14.4 Å². The predicted molar refractivity (Wildman–Crippen MR) is 115 cm³/mol. The molecule has 0 radical (unpaired) electrons. The molecule has 3 heterocycles. The first-order valence-electron chi connectivity index (χ1n) is 10.8. The Morgan fingerprint density at radius 3 is 2.55 bits per heavy atom. The Morgan fingerprint density at radius 1 is 1.00 bits per heavy atom. The molecule has 0 aliphatic carbocycles. The van der Waals surface area contributed by atoms with E-state index in [2.05, 4.69) is 47.2 Å². The molecule has 2 aliphatic heterocycles. The fourth-order valence-corrected chi connectivity index (χ4v) is 5.11. The second kappa shape index (κ2) is 8.54. The van der Waals surface area contributed by atoms with Crippen LogP contribution in [0.25, 0.3) is 0 Å². The number of likely N-dealkylation sites (tertiary alicyclic amines) is 2. The third-order valence-electron chi connectivity index (χ3n) is 6.76. The maximum absolute atomic E-state index is 13.4. The van der Waals surface area contributed by atoms with E-state index < -0.39 is 0 Å². The molecule has 154 valence electrons. The number of pyridine rings is 1. The maximum Gasteiger partial charge on any atom is 0.255 e. The van der Waals surface area contributed by atoms with Crippen molar-refractivity contribution in [3.8, 4) is 0 Å². The smallest absolute Gasteiger partial charge is 0.255 e. The van der Waals surface area contributed by atoms with Gasteiger partial charge in [-0.1, -0.05) is 43.2 Å². The average Bonchev–Trinajstić information content (AvgIpc) is 2.99. The van der Waals surface area contributed by atoms with Gasteiger partial charge < -0.3 is 9.47 Å². The summed E-state index contributed by atoms with van der Waals surface area (Å²) in [5, 5.41) is 0. The van der Waals surface area contributed by atoms with Crippen molar-refractivity contribution >= 4 is 5.91 Å². The molecule has 0 unspecified atom stereocenters. The van der Waals surface area contributed by atoms with Crippen LogP contribution in [0.5, 0.6) is 0 Å². The third kappa shape index (κ3) is 4.15. The predicted octanol–water partition coefficient (Wildman–Crippen LogP) is 3.09. The van der Waals surface area contributed by atoms with Crippen molar-refractivity contribution in [2.24, 2.45) is 7.05 Å². The molecule has 0 N–H and O–H groups in total. The number of nitrogens with zero attached hydrogens (tertiary/aromatic N) is 3. The zero-order chi connectivity index (χ0) is 20.4. The Bertz CT molecular complexity index is 908. The van der Waals surface area contributed by atoms with Gasteiger partial charge in [-0.15, -0.1) is 0 Å². The molecule has 2 saturated heterocycles. The second-order valence-corrected chi connectivity index (χ2v) is 8.59. The minimum absolute atomic E-state index is 0.0614. The van der Waals surface area contributed by atoms with E-state index in [4.69, 9.17) is 0 Å². The molecule has 4 rings (SSSR count). The molecule has 0 spiro atoms. The Balaban J connectivity index is 1.59. The van der Waals surface area contributed by atoms with Crippen LogP contribution in [0.3, 0.4) is 0 Å². The van der Waals surface area contributed by atoms with E-state index in [1.165, 1.54) is 22.6 Å². The van der Waals surface area contributed by atoms with E-state index in [0.29, 0.717) is 17.6 Å². The van der Waals surface area contributed by atoms with Crippen molar-refractivity contribution in [1.29, 1.82) is 0 Å². The first kappa shape index (κ1) is 19.9. The molecule has 1 aromatic carbocycles. The molecule has 3 atom stereocenters. The Morgan fingerprint density at radius 2 is 1.79 bits per heavy atom. The molecular formula is C24H31N3O2. The summed E-state index contributed by atoms with van der Waals surface area (Å²) in [4.78, 5) is 29.8. The van der Waals surface area contributed by atoms with Gasteiger partial charge in [-0.3, -0.25) is 14.5 Å². The minimum atomic E-state index is -0.0874. The van der Waals surface area contributed by atoms with E-state index in [0.717, 1.165) is 38.6 Å². The molecule has 29 heavy (non-hydrogen) atoms. The zero-order valence-electron chi connectivity index (χ0n) is 17.5. The van der Waals surface area contributed by atoms with Crippen LogP contribution in [0.2, 0.25) is 0 Å². The van der Waals surface area contributed by atoms with Crippen LogP contribution in [-0.4, -0.2) is 52.0 Å². The number of rotatable bonds is 3. The summed E-state index contributed by atoms with van der Waals surface area (Å²) >= 11 is 0. The monoisotopic (exact) mass is 393 g/mol. The lowest BCUT2D eigenvalue weighted by atomic mass is 9.95. The quantitative estimate of drug-likeness (QED) is 0.805. The van der Waals surface area contributed by atoms with E-state index in [-0.39, 0.29) is 17.5 Å². The van der Waals surface area contributed by atoms with Crippen molar-refractivity contribution in [3.05, 3.63) is 70.1 Å². The molecular weight excluding hydrogens is 362 g/mol. The van der Waals surface area contributed by atoms with Crippen molar-refractivity contribution < 1.29 is 4.79 Å². The molecule has 0 bridgehead atoms. The van der Waals surface area contributed by atoms with Crippen LogP contribution in [0.15, 0.2) is 53.5 Å². The number of aromatic nitrogens is 1. The SMILES string of the molecule is CN1[C@H](Cc2ccccc2)C[C@H]2[C@H]1CCCCCN2C(=O)c1ccc(=O)n(C)c1. The summed E-state index contributed by atoms with van der Waals surface area (Å²) in [5.74, 6) is 0.0614. The van der Waals surface area contributed by atoms with Crippen molar-refractivity contribution in [3.63, 3.8) is 0 Å². The van der Waals surface area contributed by atoms with Gasteiger partial charge in [0, 0.05) is 44.0 Å². The Kier molecular flexibility index (Phi) is 5.86. The van der Waals surface area contributed by atoms with Crippen LogP contribution < -0.4 is 5.56 Å². The number of carbonyl (C=O) groups excluding carboxylic acids is 1. The van der Waals surface area contributed by atoms with E-state index in [1.54, 1.807) is 19.3 Å². The zero-order valence-corrected chi connectivity index (χ0v) is 17.5. The number of benzene rings is 1. The fraction of sp³-hybridized carbons (Fsp3) is 0.500. The number of amides is 1. The highest BCUT2D eigenvalue weighted by atomic mass is 16.2. The van der Waals surface area contributed by atoms with Gasteiger partial charge in [-0.25, -0.2) is 0 Å². The van der Waals surface area contributed by atoms with Gasteiger partial charge >= 0.3 is 0 Å². The van der Waals surface area contributed by atoms with Crippen molar-refractivity contribution in [2.75, 3.05) is 13.6 Å². The van der Waals surface area contributed by atoms with Gasteiger partial charge in [-0.05, 0) is 44.4 Å². The molecule has 5 heteroatoms. The normalized spacial score (nSPS) is 25.3. The highest BCUT2D eigenvalue weighted by Crippen LogP contribution is 2.34. The number of carbonyl (C=O) groups is 1. The fourth-order valence-electron chi connectivity index (χ4n) is 5.11. The molecule has 2 aromatic rings.